The van der Waals surface area contributed by atoms with Gasteiger partial charge in [0.25, 0.3) is 0 Å². The molecular weight excluding hydrogens is 136 g/mol. The molecule has 4 heteroatoms. The van der Waals surface area contributed by atoms with Crippen LogP contribution in [0.5, 0.6) is 0 Å². The highest BCUT2D eigenvalue weighted by Gasteiger charge is 2.47. The molecule has 0 aromatic heterocycles. The van der Waals surface area contributed by atoms with Crippen LogP contribution in [0.15, 0.2) is 0 Å². The minimum atomic E-state index is -0.792. The van der Waals surface area contributed by atoms with Gasteiger partial charge in [-0.3, -0.25) is 4.70 Å². The molecule has 9 heavy (non-hydrogen) atoms. The molecule has 0 amide bonds. The van der Waals surface area contributed by atoms with Crippen molar-refractivity contribution in [3.63, 3.8) is 0 Å². The highest BCUT2D eigenvalue weighted by Crippen LogP contribution is 2.45. The Hall–Kier alpha value is -0.280. The van der Waals surface area contributed by atoms with Gasteiger partial charge in [-0.15, -0.1) is 0 Å². The van der Waals surface area contributed by atoms with Gasteiger partial charge in [0.1, 0.15) is 5.67 Å². The summed E-state index contributed by atoms with van der Waals surface area (Å²) in [7, 11) is 0. The molecule has 0 radical (unpaired) electrons. The Kier molecular flexibility index (Phi) is 4.72. The normalized spacial score (nSPS) is 37.7. The van der Waals surface area contributed by atoms with Gasteiger partial charge in [0.05, 0.1) is 0 Å². The average Bonchev–Trinajstić information content (AvgIpc) is 2.19. The van der Waals surface area contributed by atoms with E-state index in [1.54, 1.807) is 6.92 Å². The van der Waals surface area contributed by atoms with Gasteiger partial charge >= 0.3 is 0 Å². The molecule has 1 saturated carbocycles. The quantitative estimate of drug-likeness (QED) is 0.461. The van der Waals surface area contributed by atoms with Crippen molar-refractivity contribution in [1.82, 2.24) is 0 Å². The molecule has 1 fully saturated rings. The van der Waals surface area contributed by atoms with Gasteiger partial charge in [-0.1, -0.05) is 6.92 Å². The van der Waals surface area contributed by atoms with Crippen LogP contribution in [0.2, 0.25) is 0 Å². The molecule has 0 saturated heterocycles. The van der Waals surface area contributed by atoms with Gasteiger partial charge in [-0.2, -0.15) is 0 Å². The average molecular weight is 146 g/mol. The van der Waals surface area contributed by atoms with Crippen molar-refractivity contribution in [2.24, 2.45) is 5.92 Å². The minimum absolute atomic E-state index is 0. The lowest BCUT2D eigenvalue weighted by molar-refractivity contribution is 0.108. The standard InChI is InChI=1S/C5H9F.F2.FH/c1-4-3-5(4,2)6;1-2;/h4H,3H2,1-2H3;;1H. The number of halogens is 4. The first-order chi connectivity index (χ1) is 3.63. The second-order valence-corrected chi connectivity index (χ2v) is 2.38. The Morgan fingerprint density at radius 2 is 1.56 bits per heavy atom. The summed E-state index contributed by atoms with van der Waals surface area (Å²) >= 11 is 0. The summed E-state index contributed by atoms with van der Waals surface area (Å²) in [5, 5.41) is 0. The summed E-state index contributed by atoms with van der Waals surface area (Å²) in [6.07, 6.45) is 0.771. The molecule has 2 unspecified atom stereocenters. The van der Waals surface area contributed by atoms with E-state index in [9.17, 15) is 4.39 Å². The Balaban J connectivity index is 0. The highest BCUT2D eigenvalue weighted by molar-refractivity contribution is 4.96. The maximum atomic E-state index is 12.2. The summed E-state index contributed by atoms with van der Waals surface area (Å²) < 4.78 is 28.2. The lowest BCUT2D eigenvalue weighted by Gasteiger charge is -1.87. The molecule has 1 rings (SSSR count). The third-order valence-electron chi connectivity index (χ3n) is 1.57. The van der Waals surface area contributed by atoms with E-state index in [1.165, 1.54) is 0 Å². The molecule has 0 nitrogen and oxygen atoms in total. The van der Waals surface area contributed by atoms with Crippen molar-refractivity contribution in [3.05, 3.63) is 0 Å². The fourth-order valence-electron chi connectivity index (χ4n) is 0.540. The van der Waals surface area contributed by atoms with Gasteiger partial charge in [0.15, 0.2) is 0 Å². The second kappa shape index (κ2) is 3.69. The first-order valence-corrected chi connectivity index (χ1v) is 2.46. The summed E-state index contributed by atoms with van der Waals surface area (Å²) in [6.45, 7) is 3.58. The molecular formula is C5H10F4. The van der Waals surface area contributed by atoms with E-state index in [4.69, 9.17) is 9.15 Å². The third kappa shape index (κ3) is 3.32. The van der Waals surface area contributed by atoms with Crippen LogP contribution in [0.1, 0.15) is 20.3 Å². The largest absolute Gasteiger partial charge is 0.269 e. The van der Waals surface area contributed by atoms with E-state index in [0.29, 0.717) is 5.92 Å². The van der Waals surface area contributed by atoms with Gasteiger partial charge in [-0.25, -0.2) is 4.39 Å². The zero-order valence-corrected chi connectivity index (χ0v) is 5.33. The first-order valence-electron chi connectivity index (χ1n) is 2.46. The fourth-order valence-corrected chi connectivity index (χ4v) is 0.540. The zero-order valence-electron chi connectivity index (χ0n) is 5.33. The Labute approximate surface area is 51.3 Å². The number of alkyl halides is 1. The van der Waals surface area contributed by atoms with Crippen molar-refractivity contribution in [1.29, 1.82) is 0 Å². The van der Waals surface area contributed by atoms with Gasteiger partial charge in [0.2, 0.25) is 0 Å². The van der Waals surface area contributed by atoms with Crippen molar-refractivity contribution >= 4 is 0 Å². The van der Waals surface area contributed by atoms with E-state index in [-0.39, 0.29) is 4.70 Å². The number of hydrogen-bond acceptors (Lipinski definition) is 0. The van der Waals surface area contributed by atoms with E-state index in [0.717, 1.165) is 6.42 Å². The van der Waals surface area contributed by atoms with Gasteiger partial charge in [-0.05, 0) is 19.3 Å². The number of rotatable bonds is 0. The second-order valence-electron chi connectivity index (χ2n) is 2.38. The summed E-state index contributed by atoms with van der Waals surface area (Å²) in [6, 6.07) is 0. The topological polar surface area (TPSA) is 0 Å². The summed E-state index contributed by atoms with van der Waals surface area (Å²) in [5.41, 5.74) is -0.792. The molecule has 0 aromatic rings. The molecule has 1 aliphatic carbocycles. The molecule has 0 N–H and O–H groups in total. The van der Waals surface area contributed by atoms with Crippen molar-refractivity contribution in [2.75, 3.05) is 0 Å². The smallest absolute Gasteiger partial charge is 0.111 e. The molecule has 1 aliphatic rings. The van der Waals surface area contributed by atoms with Crippen LogP contribution in [0.25, 0.3) is 0 Å². The van der Waals surface area contributed by atoms with Crippen LogP contribution < -0.4 is 0 Å². The molecule has 0 spiro atoms. The van der Waals surface area contributed by atoms with Crippen molar-refractivity contribution < 1.29 is 18.2 Å². The predicted molar refractivity (Wildman–Crippen MR) is 28.0 cm³/mol. The third-order valence-corrected chi connectivity index (χ3v) is 1.57. The Morgan fingerprint density at radius 1 is 1.44 bits per heavy atom. The minimum Gasteiger partial charge on any atom is -0.269 e. The van der Waals surface area contributed by atoms with Crippen LogP contribution in [-0.4, -0.2) is 5.67 Å². The van der Waals surface area contributed by atoms with Crippen LogP contribution in [-0.2, 0) is 0 Å². The highest BCUT2D eigenvalue weighted by atomic mass is 20.0. The zero-order chi connectivity index (χ0) is 6.78. The SMILES string of the molecule is CC1CC1(C)F.F.FF. The maximum Gasteiger partial charge on any atom is 0.111 e. The van der Waals surface area contributed by atoms with Crippen molar-refractivity contribution in [2.45, 2.75) is 25.9 Å². The lowest BCUT2D eigenvalue weighted by atomic mass is 10.3. The number of hydrogen-bond donors (Lipinski definition) is 0. The lowest BCUT2D eigenvalue weighted by Crippen LogP contribution is -1.90. The summed E-state index contributed by atoms with van der Waals surface area (Å²) in [4.78, 5) is 0. The molecule has 0 bridgehead atoms. The van der Waals surface area contributed by atoms with Crippen LogP contribution in [0, 0.1) is 5.92 Å². The fraction of sp³-hybridized carbons (Fsp3) is 1.00. The molecule has 0 aromatic carbocycles. The van der Waals surface area contributed by atoms with Crippen molar-refractivity contribution in [3.8, 4) is 0 Å². The molecule has 58 valence electrons. The van der Waals surface area contributed by atoms with Crippen LogP contribution >= 0.6 is 0 Å². The first kappa shape index (κ1) is 11.5. The molecule has 2 atom stereocenters. The molecule has 0 aliphatic heterocycles. The molecule has 0 heterocycles. The van der Waals surface area contributed by atoms with E-state index in [1.807, 2.05) is 6.92 Å². The van der Waals surface area contributed by atoms with Gasteiger partial charge < -0.3 is 0 Å². The van der Waals surface area contributed by atoms with E-state index >= 15 is 0 Å². The predicted octanol–water partition coefficient (Wildman–Crippen LogP) is 2.75. The summed E-state index contributed by atoms with van der Waals surface area (Å²) in [5.74, 6) is 0.331. The Bertz CT molecular complexity index is 71.4. The maximum absolute atomic E-state index is 12.2. The van der Waals surface area contributed by atoms with Crippen LogP contribution in [0.3, 0.4) is 0 Å². The van der Waals surface area contributed by atoms with Crippen LogP contribution in [0.4, 0.5) is 18.2 Å². The van der Waals surface area contributed by atoms with Gasteiger partial charge in [0, 0.05) is 9.15 Å². The van der Waals surface area contributed by atoms with E-state index in [2.05, 4.69) is 0 Å². The Morgan fingerprint density at radius 3 is 1.56 bits per heavy atom. The van der Waals surface area contributed by atoms with E-state index < -0.39 is 5.67 Å². The monoisotopic (exact) mass is 146 g/mol.